The molecule has 20 heavy (non-hydrogen) atoms. The number of carbonyl (C=O) groups is 2. The topological polar surface area (TPSA) is 86.9 Å². The Morgan fingerprint density at radius 3 is 2.45 bits per heavy atom. The summed E-state index contributed by atoms with van der Waals surface area (Å²) in [6.07, 6.45) is 1.48. The summed E-state index contributed by atoms with van der Waals surface area (Å²) in [6.45, 7) is 4.22. The lowest BCUT2D eigenvalue weighted by atomic mass is 10.2. The molecule has 6 nitrogen and oxygen atoms in total. The minimum Gasteiger partial charge on any atom is -0.352 e. The van der Waals surface area contributed by atoms with Crippen LogP contribution in [0.4, 0.5) is 5.69 Å². The van der Waals surface area contributed by atoms with Crippen LogP contribution in [0.15, 0.2) is 30.5 Å². The number of anilines is 1. The second kappa shape index (κ2) is 6.01. The van der Waals surface area contributed by atoms with Crippen LogP contribution < -0.4 is 10.6 Å². The van der Waals surface area contributed by atoms with Crippen LogP contribution in [-0.4, -0.2) is 28.6 Å². The van der Waals surface area contributed by atoms with Crippen LogP contribution in [-0.2, 0) is 0 Å². The number of hydrogen-bond donors (Lipinski definition) is 3. The second-order valence-corrected chi connectivity index (χ2v) is 4.30. The van der Waals surface area contributed by atoms with E-state index in [0.29, 0.717) is 29.1 Å². The van der Waals surface area contributed by atoms with Crippen LogP contribution in [0.25, 0.3) is 0 Å². The molecule has 0 atom stereocenters. The molecule has 2 aromatic rings. The zero-order valence-corrected chi connectivity index (χ0v) is 11.4. The molecule has 0 saturated heterocycles. The van der Waals surface area contributed by atoms with Crippen molar-refractivity contribution in [1.29, 1.82) is 0 Å². The first kappa shape index (κ1) is 13.8. The van der Waals surface area contributed by atoms with Gasteiger partial charge in [-0.1, -0.05) is 0 Å². The van der Waals surface area contributed by atoms with Crippen molar-refractivity contribution < 1.29 is 9.59 Å². The van der Waals surface area contributed by atoms with Gasteiger partial charge in [-0.3, -0.25) is 14.7 Å². The minimum absolute atomic E-state index is 0.129. The Bertz CT molecular complexity index is 616. The number of aryl methyl sites for hydroxylation is 1. The van der Waals surface area contributed by atoms with Gasteiger partial charge in [0.25, 0.3) is 11.8 Å². The van der Waals surface area contributed by atoms with E-state index in [4.69, 9.17) is 0 Å². The number of amides is 2. The number of carbonyl (C=O) groups excluding carboxylic acids is 2. The first-order chi connectivity index (χ1) is 9.61. The van der Waals surface area contributed by atoms with E-state index >= 15 is 0 Å². The summed E-state index contributed by atoms with van der Waals surface area (Å²) in [6, 6.07) is 6.72. The van der Waals surface area contributed by atoms with E-state index in [0.717, 1.165) is 0 Å². The van der Waals surface area contributed by atoms with Gasteiger partial charge in [0, 0.05) is 23.5 Å². The number of H-pyrrole nitrogens is 1. The molecule has 6 heteroatoms. The number of rotatable bonds is 4. The highest BCUT2D eigenvalue weighted by Gasteiger charge is 2.11. The molecule has 1 aromatic heterocycles. The van der Waals surface area contributed by atoms with Gasteiger partial charge in [-0.05, 0) is 38.1 Å². The fourth-order valence-corrected chi connectivity index (χ4v) is 1.75. The lowest BCUT2D eigenvalue weighted by molar-refractivity contribution is 0.0955. The molecule has 0 unspecified atom stereocenters. The van der Waals surface area contributed by atoms with Crippen molar-refractivity contribution >= 4 is 17.5 Å². The fraction of sp³-hybridized carbons (Fsp3) is 0.214. The van der Waals surface area contributed by atoms with Crippen LogP contribution in [0.1, 0.15) is 33.3 Å². The molecule has 0 bridgehead atoms. The van der Waals surface area contributed by atoms with Crippen molar-refractivity contribution in [2.24, 2.45) is 0 Å². The molecule has 1 aromatic carbocycles. The molecule has 0 aliphatic carbocycles. The molecule has 0 spiro atoms. The molecule has 0 aliphatic rings. The number of aromatic nitrogens is 2. The molecule has 2 rings (SSSR count). The van der Waals surface area contributed by atoms with Crippen molar-refractivity contribution in [2.75, 3.05) is 11.9 Å². The minimum atomic E-state index is -0.234. The van der Waals surface area contributed by atoms with Gasteiger partial charge in [0.1, 0.15) is 0 Å². The molecule has 2 amide bonds. The summed E-state index contributed by atoms with van der Waals surface area (Å²) in [4.78, 5) is 23.6. The Hall–Kier alpha value is -2.63. The Labute approximate surface area is 116 Å². The zero-order valence-electron chi connectivity index (χ0n) is 11.4. The smallest absolute Gasteiger partial charge is 0.259 e. The van der Waals surface area contributed by atoms with Gasteiger partial charge in [-0.15, -0.1) is 0 Å². The molecule has 104 valence electrons. The number of hydrogen-bond acceptors (Lipinski definition) is 3. The zero-order chi connectivity index (χ0) is 14.5. The number of nitrogens with zero attached hydrogens (tertiary/aromatic N) is 1. The summed E-state index contributed by atoms with van der Waals surface area (Å²) in [5, 5.41) is 12.0. The molecule has 0 aliphatic heterocycles. The Morgan fingerprint density at radius 2 is 1.90 bits per heavy atom. The molecule has 0 saturated carbocycles. The first-order valence-electron chi connectivity index (χ1n) is 6.31. The highest BCUT2D eigenvalue weighted by atomic mass is 16.2. The molecule has 0 radical (unpaired) electrons. The van der Waals surface area contributed by atoms with Crippen molar-refractivity contribution in [3.63, 3.8) is 0 Å². The van der Waals surface area contributed by atoms with Crippen LogP contribution >= 0.6 is 0 Å². The van der Waals surface area contributed by atoms with Gasteiger partial charge in [0.15, 0.2) is 0 Å². The highest BCUT2D eigenvalue weighted by Crippen LogP contribution is 2.12. The van der Waals surface area contributed by atoms with E-state index in [9.17, 15) is 9.59 Å². The third kappa shape index (κ3) is 3.03. The fourth-order valence-electron chi connectivity index (χ4n) is 1.75. The molecular formula is C14H16N4O2. The molecule has 0 fully saturated rings. The largest absolute Gasteiger partial charge is 0.352 e. The predicted octanol–water partition coefficient (Wildman–Crippen LogP) is 1.72. The number of aromatic amines is 1. The van der Waals surface area contributed by atoms with Crippen LogP contribution in [0.5, 0.6) is 0 Å². The van der Waals surface area contributed by atoms with Crippen LogP contribution in [0.3, 0.4) is 0 Å². The lowest BCUT2D eigenvalue weighted by Gasteiger charge is -2.06. The van der Waals surface area contributed by atoms with Gasteiger partial charge in [0.05, 0.1) is 11.8 Å². The first-order valence-corrected chi connectivity index (χ1v) is 6.31. The van der Waals surface area contributed by atoms with Gasteiger partial charge >= 0.3 is 0 Å². The molecule has 1 heterocycles. The van der Waals surface area contributed by atoms with E-state index in [-0.39, 0.29) is 11.8 Å². The quantitative estimate of drug-likeness (QED) is 0.792. The van der Waals surface area contributed by atoms with Crippen molar-refractivity contribution in [3.8, 4) is 0 Å². The third-order valence-electron chi connectivity index (χ3n) is 2.82. The van der Waals surface area contributed by atoms with Gasteiger partial charge in [-0.2, -0.15) is 5.10 Å². The van der Waals surface area contributed by atoms with E-state index in [1.54, 1.807) is 31.2 Å². The Balaban J connectivity index is 2.06. The van der Waals surface area contributed by atoms with E-state index < -0.39 is 0 Å². The third-order valence-corrected chi connectivity index (χ3v) is 2.82. The highest BCUT2D eigenvalue weighted by molar-refractivity contribution is 6.05. The lowest BCUT2D eigenvalue weighted by Crippen LogP contribution is -2.22. The van der Waals surface area contributed by atoms with E-state index in [1.807, 2.05) is 6.92 Å². The monoisotopic (exact) mass is 272 g/mol. The van der Waals surface area contributed by atoms with E-state index in [2.05, 4.69) is 20.8 Å². The van der Waals surface area contributed by atoms with E-state index in [1.165, 1.54) is 6.20 Å². The van der Waals surface area contributed by atoms with Crippen LogP contribution in [0.2, 0.25) is 0 Å². The van der Waals surface area contributed by atoms with Gasteiger partial charge in [-0.25, -0.2) is 0 Å². The van der Waals surface area contributed by atoms with Crippen molar-refractivity contribution in [2.45, 2.75) is 13.8 Å². The van der Waals surface area contributed by atoms with Gasteiger partial charge < -0.3 is 10.6 Å². The normalized spacial score (nSPS) is 10.1. The standard InChI is InChI=1S/C14H16N4O2/c1-3-15-13(19)10-4-6-11(7-5-10)17-14(20)12-8-16-18-9(12)2/h4-8H,3H2,1-2H3,(H,15,19)(H,16,18)(H,17,20). The Kier molecular flexibility index (Phi) is 4.14. The average molecular weight is 272 g/mol. The van der Waals surface area contributed by atoms with Gasteiger partial charge in [0.2, 0.25) is 0 Å². The van der Waals surface area contributed by atoms with Crippen molar-refractivity contribution in [3.05, 3.63) is 47.3 Å². The second-order valence-electron chi connectivity index (χ2n) is 4.30. The predicted molar refractivity (Wildman–Crippen MR) is 75.7 cm³/mol. The summed E-state index contributed by atoms with van der Waals surface area (Å²) < 4.78 is 0. The molecular weight excluding hydrogens is 256 g/mol. The van der Waals surface area contributed by atoms with Crippen molar-refractivity contribution in [1.82, 2.24) is 15.5 Å². The molecule has 3 N–H and O–H groups in total. The maximum atomic E-state index is 12.0. The number of benzene rings is 1. The summed E-state index contributed by atoms with van der Waals surface area (Å²) >= 11 is 0. The average Bonchev–Trinajstić information content (AvgIpc) is 2.86. The maximum absolute atomic E-state index is 12.0. The number of nitrogens with one attached hydrogen (secondary N) is 3. The van der Waals surface area contributed by atoms with Crippen LogP contribution in [0, 0.1) is 6.92 Å². The summed E-state index contributed by atoms with van der Waals surface area (Å²) in [5.74, 6) is -0.363. The maximum Gasteiger partial charge on any atom is 0.259 e. The SMILES string of the molecule is CCNC(=O)c1ccc(NC(=O)c2cn[nH]c2C)cc1. The summed E-state index contributed by atoms with van der Waals surface area (Å²) in [7, 11) is 0. The Morgan fingerprint density at radius 1 is 1.20 bits per heavy atom. The summed E-state index contributed by atoms with van der Waals surface area (Å²) in [5.41, 5.74) is 2.40.